The molecule has 168 valence electrons. The van der Waals surface area contributed by atoms with Gasteiger partial charge in [0.05, 0.1) is 16.9 Å². The topological polar surface area (TPSA) is 109 Å². The molecule has 3 rings (SSSR count). The van der Waals surface area contributed by atoms with E-state index in [2.05, 4.69) is 15.8 Å². The molecule has 1 heterocycles. The fraction of sp³-hybridized carbons (Fsp3) is 0.217. The largest absolute Gasteiger partial charge is 0.459 e. The molecule has 2 amide bonds. The summed E-state index contributed by atoms with van der Waals surface area (Å²) in [5, 5.41) is 0. The first-order valence-electron chi connectivity index (χ1n) is 10.2. The molecule has 0 unspecified atom stereocenters. The van der Waals surface area contributed by atoms with Crippen LogP contribution in [0.4, 0.5) is 5.69 Å². The van der Waals surface area contributed by atoms with Gasteiger partial charge in [0.25, 0.3) is 5.91 Å². The monoisotopic (exact) mass is 455 g/mol. The second-order valence-electron chi connectivity index (χ2n) is 6.97. The first kappa shape index (κ1) is 23.1. The van der Waals surface area contributed by atoms with Gasteiger partial charge in [0, 0.05) is 29.9 Å². The Bertz CT molecular complexity index is 1170. The third-order valence-electron chi connectivity index (χ3n) is 4.95. The second-order valence-corrected chi connectivity index (χ2v) is 8.96. The van der Waals surface area contributed by atoms with Crippen molar-refractivity contribution >= 4 is 27.3 Å². The molecule has 2 aromatic carbocycles. The SMILES string of the molecule is CCN(CC)c1ccc(C(=O)NNC(=O)c2occc2CS(=O)(=O)c2ccccc2)cc1. The number of rotatable bonds is 8. The van der Waals surface area contributed by atoms with Crippen LogP contribution in [-0.4, -0.2) is 33.3 Å². The Morgan fingerprint density at radius 1 is 0.875 bits per heavy atom. The van der Waals surface area contributed by atoms with Gasteiger partial charge in [0.15, 0.2) is 15.6 Å². The van der Waals surface area contributed by atoms with Crippen molar-refractivity contribution in [2.45, 2.75) is 24.5 Å². The molecular formula is C23H25N3O5S. The lowest BCUT2D eigenvalue weighted by atomic mass is 10.2. The van der Waals surface area contributed by atoms with E-state index in [0.29, 0.717) is 5.56 Å². The molecule has 0 radical (unpaired) electrons. The zero-order valence-electron chi connectivity index (χ0n) is 17.9. The van der Waals surface area contributed by atoms with Crippen LogP contribution in [0.3, 0.4) is 0 Å². The summed E-state index contributed by atoms with van der Waals surface area (Å²) in [4.78, 5) is 27.1. The highest BCUT2D eigenvalue weighted by Crippen LogP contribution is 2.20. The van der Waals surface area contributed by atoms with Crippen molar-refractivity contribution < 1.29 is 22.4 Å². The van der Waals surface area contributed by atoms with Gasteiger partial charge in [-0.15, -0.1) is 0 Å². The van der Waals surface area contributed by atoms with Crippen LogP contribution < -0.4 is 15.8 Å². The summed E-state index contributed by atoms with van der Waals surface area (Å²) in [5.41, 5.74) is 6.16. The Balaban J connectivity index is 1.64. The Hall–Kier alpha value is -3.59. The maximum atomic E-state index is 12.6. The van der Waals surface area contributed by atoms with Crippen molar-refractivity contribution in [2.24, 2.45) is 0 Å². The number of hydrogen-bond donors (Lipinski definition) is 2. The number of hydrogen-bond acceptors (Lipinski definition) is 6. The van der Waals surface area contributed by atoms with E-state index < -0.39 is 27.4 Å². The molecule has 2 N–H and O–H groups in total. The number of anilines is 1. The number of nitrogens with zero attached hydrogens (tertiary/aromatic N) is 1. The van der Waals surface area contributed by atoms with Crippen LogP contribution in [0, 0.1) is 0 Å². The predicted octanol–water partition coefficient (Wildman–Crippen LogP) is 3.17. The van der Waals surface area contributed by atoms with Crippen molar-refractivity contribution in [2.75, 3.05) is 18.0 Å². The first-order valence-corrected chi connectivity index (χ1v) is 11.8. The quantitative estimate of drug-likeness (QED) is 0.505. The van der Waals surface area contributed by atoms with Crippen molar-refractivity contribution in [3.63, 3.8) is 0 Å². The minimum atomic E-state index is -3.66. The third kappa shape index (κ3) is 5.36. The highest BCUT2D eigenvalue weighted by molar-refractivity contribution is 7.90. The lowest BCUT2D eigenvalue weighted by molar-refractivity contribution is 0.0830. The average molecular weight is 456 g/mol. The minimum absolute atomic E-state index is 0.147. The van der Waals surface area contributed by atoms with E-state index in [4.69, 9.17) is 4.42 Å². The Labute approximate surface area is 187 Å². The van der Waals surface area contributed by atoms with E-state index in [1.807, 2.05) is 26.0 Å². The molecule has 0 atom stereocenters. The number of benzene rings is 2. The highest BCUT2D eigenvalue weighted by atomic mass is 32.2. The van der Waals surface area contributed by atoms with Crippen LogP contribution in [-0.2, 0) is 15.6 Å². The summed E-state index contributed by atoms with van der Waals surface area (Å²) >= 11 is 0. The van der Waals surface area contributed by atoms with Crippen molar-refractivity contribution in [3.8, 4) is 0 Å². The standard InChI is InChI=1S/C23H25N3O5S/c1-3-26(4-2)19-12-10-17(11-13-19)22(27)24-25-23(28)21-18(14-15-31-21)16-32(29,30)20-8-6-5-7-9-20/h5-15H,3-4,16H2,1-2H3,(H,24,27)(H,25,28). The van der Waals surface area contributed by atoms with E-state index in [9.17, 15) is 18.0 Å². The Morgan fingerprint density at radius 3 is 2.12 bits per heavy atom. The zero-order chi connectivity index (χ0) is 23.1. The van der Waals surface area contributed by atoms with E-state index >= 15 is 0 Å². The predicted molar refractivity (Wildman–Crippen MR) is 121 cm³/mol. The molecule has 0 saturated carbocycles. The summed E-state index contributed by atoms with van der Waals surface area (Å²) in [6.45, 7) is 5.80. The lowest BCUT2D eigenvalue weighted by Gasteiger charge is -2.21. The van der Waals surface area contributed by atoms with Gasteiger partial charge in [-0.1, -0.05) is 18.2 Å². The molecule has 0 fully saturated rings. The van der Waals surface area contributed by atoms with Crippen LogP contribution in [0.15, 0.2) is 76.2 Å². The maximum absolute atomic E-state index is 12.6. The highest BCUT2D eigenvalue weighted by Gasteiger charge is 2.23. The van der Waals surface area contributed by atoms with Gasteiger partial charge in [-0.25, -0.2) is 8.42 Å². The molecule has 0 aliphatic rings. The van der Waals surface area contributed by atoms with E-state index in [-0.39, 0.29) is 16.2 Å². The van der Waals surface area contributed by atoms with Gasteiger partial charge >= 0.3 is 5.91 Å². The first-order chi connectivity index (χ1) is 15.4. The van der Waals surface area contributed by atoms with Crippen LogP contribution in [0.1, 0.15) is 40.3 Å². The van der Waals surface area contributed by atoms with Crippen LogP contribution in [0.5, 0.6) is 0 Å². The average Bonchev–Trinajstić information content (AvgIpc) is 3.26. The molecule has 9 heteroatoms. The second kappa shape index (κ2) is 10.1. The smallest absolute Gasteiger partial charge is 0.305 e. The summed E-state index contributed by atoms with van der Waals surface area (Å²) in [5.74, 6) is -1.84. The van der Waals surface area contributed by atoms with Crippen molar-refractivity contribution in [1.82, 2.24) is 10.9 Å². The molecule has 1 aromatic heterocycles. The van der Waals surface area contributed by atoms with E-state index in [0.717, 1.165) is 18.8 Å². The normalized spacial score (nSPS) is 11.1. The summed E-state index contributed by atoms with van der Waals surface area (Å²) < 4.78 is 30.4. The number of sulfone groups is 1. The maximum Gasteiger partial charge on any atom is 0.305 e. The number of amides is 2. The fourth-order valence-corrected chi connectivity index (χ4v) is 4.59. The molecule has 32 heavy (non-hydrogen) atoms. The van der Waals surface area contributed by atoms with Gasteiger partial charge in [0.1, 0.15) is 0 Å². The Morgan fingerprint density at radius 2 is 1.50 bits per heavy atom. The molecule has 0 aliphatic heterocycles. The number of hydrazine groups is 1. The van der Waals surface area contributed by atoms with Gasteiger partial charge < -0.3 is 9.32 Å². The number of nitrogens with one attached hydrogen (secondary N) is 2. The van der Waals surface area contributed by atoms with Gasteiger partial charge in [-0.05, 0) is 56.3 Å². The Kier molecular flexibility index (Phi) is 7.32. The molecule has 3 aromatic rings. The van der Waals surface area contributed by atoms with Gasteiger partial charge in [-0.2, -0.15) is 0 Å². The van der Waals surface area contributed by atoms with Crippen LogP contribution in [0.2, 0.25) is 0 Å². The summed E-state index contributed by atoms with van der Waals surface area (Å²) in [6.07, 6.45) is 1.23. The summed E-state index contributed by atoms with van der Waals surface area (Å²) in [6, 6.07) is 16.4. The molecular weight excluding hydrogens is 430 g/mol. The number of carbonyl (C=O) groups excluding carboxylic acids is 2. The number of carbonyl (C=O) groups is 2. The zero-order valence-corrected chi connectivity index (χ0v) is 18.7. The lowest BCUT2D eigenvalue weighted by Crippen LogP contribution is -2.41. The molecule has 0 saturated heterocycles. The fourth-order valence-electron chi connectivity index (χ4n) is 3.22. The third-order valence-corrected chi connectivity index (χ3v) is 6.63. The molecule has 8 nitrogen and oxygen atoms in total. The molecule has 0 spiro atoms. The van der Waals surface area contributed by atoms with Crippen molar-refractivity contribution in [1.29, 1.82) is 0 Å². The van der Waals surface area contributed by atoms with Crippen LogP contribution in [0.25, 0.3) is 0 Å². The van der Waals surface area contributed by atoms with Gasteiger partial charge in [0.2, 0.25) is 0 Å². The van der Waals surface area contributed by atoms with Gasteiger partial charge in [-0.3, -0.25) is 20.4 Å². The number of furan rings is 1. The minimum Gasteiger partial charge on any atom is -0.459 e. The van der Waals surface area contributed by atoms with E-state index in [1.165, 1.54) is 24.5 Å². The molecule has 0 aliphatic carbocycles. The van der Waals surface area contributed by atoms with E-state index in [1.54, 1.807) is 30.3 Å². The summed E-state index contributed by atoms with van der Waals surface area (Å²) in [7, 11) is -3.66. The van der Waals surface area contributed by atoms with Crippen LogP contribution >= 0.6 is 0 Å². The van der Waals surface area contributed by atoms with Crippen molar-refractivity contribution in [3.05, 3.63) is 83.8 Å². The molecule has 0 bridgehead atoms.